The van der Waals surface area contributed by atoms with Crippen LogP contribution in [-0.4, -0.2) is 0 Å². The van der Waals surface area contributed by atoms with Gasteiger partial charge in [-0.3, -0.25) is 0 Å². The average molecular weight is 184 g/mol. The van der Waals surface area contributed by atoms with Gasteiger partial charge in [-0.1, -0.05) is 56.0 Å². The Morgan fingerprint density at radius 2 is 1.69 bits per heavy atom. The van der Waals surface area contributed by atoms with Crippen LogP contribution in [0.1, 0.15) is 20.3 Å². The van der Waals surface area contributed by atoms with Gasteiger partial charge < -0.3 is 1.43 Å². The molecule has 0 aliphatic rings. The summed E-state index contributed by atoms with van der Waals surface area (Å²) in [5.41, 5.74) is 1.17. The maximum absolute atomic E-state index is 3.63. The zero-order chi connectivity index (χ0) is 9.23. The summed E-state index contributed by atoms with van der Waals surface area (Å²) in [6.45, 7) is 9.17. The fourth-order valence-corrected chi connectivity index (χ4v) is 0.589. The van der Waals surface area contributed by atoms with E-state index in [1.165, 1.54) is 5.56 Å². The zero-order valence-electron chi connectivity index (χ0n) is 9.66. The van der Waals surface area contributed by atoms with E-state index in [4.69, 9.17) is 0 Å². The Labute approximate surface area is 105 Å². The summed E-state index contributed by atoms with van der Waals surface area (Å²) >= 11 is 0. The molecule has 1 aromatic carbocycles. The van der Waals surface area contributed by atoms with Gasteiger partial charge in [-0.25, -0.2) is 0 Å². The SMILES string of the molecule is C=CCC.C=Cc1ccccc1.[H-].[Na+]. The van der Waals surface area contributed by atoms with Crippen LogP contribution >= 0.6 is 0 Å². The summed E-state index contributed by atoms with van der Waals surface area (Å²) in [6.07, 6.45) is 4.79. The molecule has 0 N–H and O–H groups in total. The molecule has 0 spiro atoms. The van der Waals surface area contributed by atoms with E-state index in [-0.39, 0.29) is 31.0 Å². The molecule has 0 radical (unpaired) electrons. The molecule has 0 aromatic heterocycles. The van der Waals surface area contributed by atoms with E-state index in [9.17, 15) is 0 Å². The Bertz CT molecular complexity index is 219. The molecular formula is C12H17Na. The monoisotopic (exact) mass is 184 g/mol. The van der Waals surface area contributed by atoms with Gasteiger partial charge in [-0.15, -0.1) is 6.58 Å². The second-order valence-electron chi connectivity index (χ2n) is 2.31. The molecule has 0 amide bonds. The third-order valence-electron chi connectivity index (χ3n) is 1.32. The molecule has 1 aromatic rings. The maximum Gasteiger partial charge on any atom is 1.00 e. The van der Waals surface area contributed by atoms with Crippen molar-refractivity contribution in [3.05, 3.63) is 55.1 Å². The molecule has 0 heterocycles. The Morgan fingerprint density at radius 3 is 1.92 bits per heavy atom. The summed E-state index contributed by atoms with van der Waals surface area (Å²) in [5, 5.41) is 0. The van der Waals surface area contributed by atoms with E-state index in [2.05, 4.69) is 20.1 Å². The molecule has 0 nitrogen and oxygen atoms in total. The standard InChI is InChI=1S/C8H8.C4H8.Na.H/c1-2-8-6-4-3-5-7-8;1-3-4-2;;/h2-7H,1H2;3H,1,4H2,2H3;;/q;;+1;-1. The van der Waals surface area contributed by atoms with Crippen molar-refractivity contribution in [2.45, 2.75) is 13.3 Å². The molecule has 66 valence electrons. The Morgan fingerprint density at radius 1 is 1.23 bits per heavy atom. The molecule has 13 heavy (non-hydrogen) atoms. The van der Waals surface area contributed by atoms with Crippen LogP contribution < -0.4 is 29.6 Å². The number of allylic oxidation sites excluding steroid dienone is 1. The van der Waals surface area contributed by atoms with E-state index in [0.717, 1.165) is 6.42 Å². The van der Waals surface area contributed by atoms with Crippen molar-refractivity contribution in [1.29, 1.82) is 0 Å². The molecule has 0 unspecified atom stereocenters. The average Bonchev–Trinajstić information content (AvgIpc) is 2.19. The first-order chi connectivity index (χ1) is 5.85. The number of hydrogen-bond donors (Lipinski definition) is 0. The molecule has 0 saturated carbocycles. The first kappa shape index (κ1) is 15.2. The second kappa shape index (κ2) is 11.7. The normalized spacial score (nSPS) is 7.15. The smallest absolute Gasteiger partial charge is 1.00 e. The molecule has 1 rings (SSSR count). The second-order valence-corrected chi connectivity index (χ2v) is 2.31. The minimum Gasteiger partial charge on any atom is -1.00 e. The summed E-state index contributed by atoms with van der Waals surface area (Å²) in [7, 11) is 0. The molecule has 0 aliphatic heterocycles. The van der Waals surface area contributed by atoms with Crippen LogP contribution in [0, 0.1) is 0 Å². The van der Waals surface area contributed by atoms with Gasteiger partial charge in [0.2, 0.25) is 0 Å². The van der Waals surface area contributed by atoms with Crippen LogP contribution in [0.5, 0.6) is 0 Å². The van der Waals surface area contributed by atoms with Crippen LogP contribution in [0.15, 0.2) is 49.6 Å². The Hall–Kier alpha value is -0.300. The summed E-state index contributed by atoms with van der Waals surface area (Å²) < 4.78 is 0. The van der Waals surface area contributed by atoms with E-state index in [1.807, 2.05) is 42.5 Å². The van der Waals surface area contributed by atoms with Gasteiger partial charge in [0.15, 0.2) is 0 Å². The molecular weight excluding hydrogens is 167 g/mol. The fraction of sp³-hybridized carbons (Fsp3) is 0.167. The number of benzene rings is 1. The summed E-state index contributed by atoms with van der Waals surface area (Å²) in [5.74, 6) is 0. The third kappa shape index (κ3) is 9.62. The van der Waals surface area contributed by atoms with E-state index < -0.39 is 0 Å². The fourth-order valence-electron chi connectivity index (χ4n) is 0.589. The molecule has 0 saturated heterocycles. The van der Waals surface area contributed by atoms with Crippen molar-refractivity contribution in [3.8, 4) is 0 Å². The van der Waals surface area contributed by atoms with Gasteiger partial charge in [-0.2, -0.15) is 0 Å². The quantitative estimate of drug-likeness (QED) is 0.475. The minimum absolute atomic E-state index is 0. The third-order valence-corrected chi connectivity index (χ3v) is 1.32. The number of rotatable bonds is 2. The van der Waals surface area contributed by atoms with Gasteiger partial charge in [0, 0.05) is 0 Å². The summed E-state index contributed by atoms with van der Waals surface area (Å²) in [6, 6.07) is 10.0. The zero-order valence-corrected chi connectivity index (χ0v) is 10.7. The van der Waals surface area contributed by atoms with Crippen molar-refractivity contribution in [1.82, 2.24) is 0 Å². The molecule has 0 bridgehead atoms. The van der Waals surface area contributed by atoms with Crippen LogP contribution in [-0.2, 0) is 0 Å². The molecule has 0 aliphatic carbocycles. The predicted octanol–water partition coefficient (Wildman–Crippen LogP) is 1.03. The first-order valence-corrected chi connectivity index (χ1v) is 4.13. The van der Waals surface area contributed by atoms with Crippen LogP contribution in [0.2, 0.25) is 0 Å². The maximum atomic E-state index is 3.63. The van der Waals surface area contributed by atoms with Crippen LogP contribution in [0.4, 0.5) is 0 Å². The van der Waals surface area contributed by atoms with Crippen molar-refractivity contribution in [2.24, 2.45) is 0 Å². The Balaban J connectivity index is -0.000000180. The Kier molecular flexibility index (Phi) is 13.7. The van der Waals surface area contributed by atoms with Crippen molar-refractivity contribution >= 4 is 6.08 Å². The van der Waals surface area contributed by atoms with Crippen molar-refractivity contribution < 1.29 is 31.0 Å². The molecule has 0 fully saturated rings. The first-order valence-electron chi connectivity index (χ1n) is 4.13. The summed E-state index contributed by atoms with van der Waals surface area (Å²) in [4.78, 5) is 0. The van der Waals surface area contributed by atoms with E-state index in [1.54, 1.807) is 0 Å². The van der Waals surface area contributed by atoms with Gasteiger partial charge in [-0.05, 0) is 12.0 Å². The van der Waals surface area contributed by atoms with Crippen molar-refractivity contribution in [2.75, 3.05) is 0 Å². The van der Waals surface area contributed by atoms with Crippen LogP contribution in [0.3, 0.4) is 0 Å². The van der Waals surface area contributed by atoms with Gasteiger partial charge in [0.05, 0.1) is 0 Å². The predicted molar refractivity (Wildman–Crippen MR) is 58.1 cm³/mol. The minimum atomic E-state index is 0. The van der Waals surface area contributed by atoms with Gasteiger partial charge >= 0.3 is 29.6 Å². The van der Waals surface area contributed by atoms with Gasteiger partial charge in [0.1, 0.15) is 0 Å². The topological polar surface area (TPSA) is 0 Å². The molecule has 0 atom stereocenters. The van der Waals surface area contributed by atoms with E-state index in [0.29, 0.717) is 0 Å². The van der Waals surface area contributed by atoms with Gasteiger partial charge in [0.25, 0.3) is 0 Å². The largest absolute Gasteiger partial charge is 1.00 e. The van der Waals surface area contributed by atoms with E-state index >= 15 is 0 Å². The number of hydrogen-bond acceptors (Lipinski definition) is 0. The van der Waals surface area contributed by atoms with Crippen molar-refractivity contribution in [3.63, 3.8) is 0 Å². The van der Waals surface area contributed by atoms with Crippen LogP contribution in [0.25, 0.3) is 6.08 Å². The molecule has 1 heteroatoms.